The number of hydrogen-bond acceptors (Lipinski definition) is 12. The number of aromatic amines is 1. The van der Waals surface area contributed by atoms with Crippen LogP contribution in [0.25, 0.3) is 0 Å². The fourth-order valence-electron chi connectivity index (χ4n) is 5.00. The number of nitrogens with one attached hydrogen (secondary N) is 6. The summed E-state index contributed by atoms with van der Waals surface area (Å²) in [5.74, 6) is -7.91. The minimum absolute atomic E-state index is 0.0316. The van der Waals surface area contributed by atoms with Crippen molar-refractivity contribution in [2.75, 3.05) is 19.7 Å². The molecule has 7 atom stereocenters. The van der Waals surface area contributed by atoms with Crippen LogP contribution in [0.5, 0.6) is 0 Å². The molecular weight excluding hydrogens is 740 g/mol. The maximum atomic E-state index is 13.7. The van der Waals surface area contributed by atoms with Crippen molar-refractivity contribution in [3.8, 4) is 0 Å². The Hall–Kier alpha value is -6.04. The Morgan fingerprint density at radius 1 is 0.750 bits per heavy atom. The van der Waals surface area contributed by atoms with Crippen LogP contribution in [0.3, 0.4) is 0 Å². The monoisotopic (exact) mass is 796 g/mol. The number of hydrogen-bond donors (Lipinski definition) is 14. The van der Waals surface area contributed by atoms with Crippen molar-refractivity contribution < 1.29 is 48.9 Å². The van der Waals surface area contributed by atoms with Gasteiger partial charge in [0, 0.05) is 37.8 Å². The molecule has 0 aliphatic rings. The van der Waals surface area contributed by atoms with Gasteiger partial charge in [-0.05, 0) is 38.0 Å². The lowest BCUT2D eigenvalue weighted by molar-refractivity contribution is -0.143. The first kappa shape index (κ1) is 48.0. The molecule has 314 valence electrons. The molecule has 0 saturated heterocycles. The first-order chi connectivity index (χ1) is 26.4. The molecule has 24 heteroatoms. The minimum atomic E-state index is -1.65. The number of nitrogens with zero attached hydrogens (tertiary/aromatic N) is 3. The molecule has 1 heterocycles. The molecular formula is C32H56N14O10. The van der Waals surface area contributed by atoms with E-state index in [0.717, 1.165) is 0 Å². The predicted octanol–water partition coefficient (Wildman–Crippen LogP) is -5.20. The number of carbonyl (C=O) groups is 7. The summed E-state index contributed by atoms with van der Waals surface area (Å²) in [5.41, 5.74) is 27.5. The normalized spacial score (nSPS) is 14.6. The summed E-state index contributed by atoms with van der Waals surface area (Å²) in [6.07, 6.45) is 2.55. The van der Waals surface area contributed by atoms with E-state index in [1.54, 1.807) is 13.8 Å². The third kappa shape index (κ3) is 18.3. The second-order valence-electron chi connectivity index (χ2n) is 12.9. The van der Waals surface area contributed by atoms with Crippen molar-refractivity contribution >= 4 is 53.4 Å². The Labute approximate surface area is 322 Å². The zero-order valence-electron chi connectivity index (χ0n) is 31.4. The van der Waals surface area contributed by atoms with Gasteiger partial charge in [-0.1, -0.05) is 20.3 Å². The number of aliphatic carboxylic acids is 2. The third-order valence-corrected chi connectivity index (χ3v) is 8.36. The first-order valence-corrected chi connectivity index (χ1v) is 17.8. The summed E-state index contributed by atoms with van der Waals surface area (Å²) in [7, 11) is 0. The molecule has 1 rings (SSSR count). The Balaban J connectivity index is 3.24. The summed E-state index contributed by atoms with van der Waals surface area (Å²) in [6.45, 7) is 2.61. The highest BCUT2D eigenvalue weighted by atomic mass is 16.4. The molecule has 1 aromatic heterocycles. The number of rotatable bonds is 27. The highest BCUT2D eigenvalue weighted by Gasteiger charge is 2.34. The van der Waals surface area contributed by atoms with E-state index in [9.17, 15) is 43.8 Å². The van der Waals surface area contributed by atoms with Crippen molar-refractivity contribution in [1.82, 2.24) is 36.6 Å². The van der Waals surface area contributed by atoms with Crippen LogP contribution >= 0.6 is 0 Å². The standard InChI is InChI=1S/C32H56N14O10/c1-3-16(2)24(29(54)43-20(30(55)56)7-5-11-40-32(36)37)46-28(53)22(14-47)45-27(52)21(12-17-13-38-15-41-17)44-26(51)19(6-4-10-39-31(34)35)42-25(50)18(33)8-9-23(48)49/h13,15-16,18-22,24,47H,3-12,14,33H2,1-2H3,(H,38,41)(H,42,50)(H,43,54)(H,44,51)(H,45,52)(H,46,53)(H,48,49)(H,55,56)(H4,34,35,39)(H4,36,37,40)/t16-,18-,19-,20-,21-,22-,24-/m0/s1. The van der Waals surface area contributed by atoms with Crippen molar-refractivity contribution in [3.05, 3.63) is 18.2 Å². The molecule has 0 fully saturated rings. The van der Waals surface area contributed by atoms with Gasteiger partial charge < -0.3 is 75.6 Å². The lowest BCUT2D eigenvalue weighted by atomic mass is 9.97. The van der Waals surface area contributed by atoms with Gasteiger partial charge >= 0.3 is 11.9 Å². The van der Waals surface area contributed by atoms with Crippen LogP contribution in [0.1, 0.15) is 64.5 Å². The van der Waals surface area contributed by atoms with Gasteiger partial charge in [-0.25, -0.2) is 9.78 Å². The average molecular weight is 797 g/mol. The molecule has 19 N–H and O–H groups in total. The topological polar surface area (TPSA) is 424 Å². The molecule has 0 saturated carbocycles. The summed E-state index contributed by atoms with van der Waals surface area (Å²) >= 11 is 0. The largest absolute Gasteiger partial charge is 0.481 e. The summed E-state index contributed by atoms with van der Waals surface area (Å²) in [5, 5.41) is 41.0. The lowest BCUT2D eigenvalue weighted by Gasteiger charge is -2.28. The number of imidazole rings is 1. The van der Waals surface area contributed by atoms with Crippen molar-refractivity contribution in [2.45, 2.75) is 101 Å². The highest BCUT2D eigenvalue weighted by molar-refractivity contribution is 5.96. The number of nitrogens with two attached hydrogens (primary N) is 5. The summed E-state index contributed by atoms with van der Waals surface area (Å²) < 4.78 is 0. The molecule has 24 nitrogen and oxygen atoms in total. The maximum absolute atomic E-state index is 13.7. The maximum Gasteiger partial charge on any atom is 0.326 e. The van der Waals surface area contributed by atoms with Crippen LogP contribution in [0, 0.1) is 5.92 Å². The molecule has 0 aliphatic carbocycles. The van der Waals surface area contributed by atoms with E-state index in [1.165, 1.54) is 12.5 Å². The molecule has 0 radical (unpaired) electrons. The molecule has 0 unspecified atom stereocenters. The lowest BCUT2D eigenvalue weighted by Crippen LogP contribution is -2.61. The number of guanidine groups is 2. The van der Waals surface area contributed by atoms with E-state index in [0.29, 0.717) is 12.1 Å². The van der Waals surface area contributed by atoms with Crippen LogP contribution in [0.15, 0.2) is 22.5 Å². The molecule has 56 heavy (non-hydrogen) atoms. The zero-order valence-corrected chi connectivity index (χ0v) is 31.4. The van der Waals surface area contributed by atoms with Crippen LogP contribution in [-0.4, -0.2) is 135 Å². The van der Waals surface area contributed by atoms with Crippen molar-refractivity contribution in [2.24, 2.45) is 44.6 Å². The number of aromatic nitrogens is 2. The summed E-state index contributed by atoms with van der Waals surface area (Å²) in [4.78, 5) is 104. The van der Waals surface area contributed by atoms with Gasteiger partial charge in [-0.3, -0.25) is 38.8 Å². The van der Waals surface area contributed by atoms with E-state index >= 15 is 0 Å². The van der Waals surface area contributed by atoms with Gasteiger partial charge in [0.05, 0.1) is 19.0 Å². The number of amides is 5. The van der Waals surface area contributed by atoms with E-state index < -0.39 is 96.7 Å². The van der Waals surface area contributed by atoms with Gasteiger partial charge in [0.2, 0.25) is 29.5 Å². The molecule has 1 aromatic rings. The second-order valence-corrected chi connectivity index (χ2v) is 12.9. The fraction of sp³-hybridized carbons (Fsp3) is 0.625. The Kier molecular flexibility index (Phi) is 21.5. The van der Waals surface area contributed by atoms with Gasteiger partial charge in [0.25, 0.3) is 0 Å². The van der Waals surface area contributed by atoms with Crippen LogP contribution in [0.4, 0.5) is 0 Å². The Morgan fingerprint density at radius 2 is 1.27 bits per heavy atom. The zero-order chi connectivity index (χ0) is 42.4. The molecule has 5 amide bonds. The average Bonchev–Trinajstić information content (AvgIpc) is 3.66. The number of H-pyrrole nitrogens is 1. The predicted molar refractivity (Wildman–Crippen MR) is 201 cm³/mol. The molecule has 0 aromatic carbocycles. The van der Waals surface area contributed by atoms with E-state index in [2.05, 4.69) is 46.5 Å². The molecule has 0 spiro atoms. The highest BCUT2D eigenvalue weighted by Crippen LogP contribution is 2.11. The molecule has 0 bridgehead atoms. The van der Waals surface area contributed by atoms with Gasteiger partial charge in [0.15, 0.2) is 11.9 Å². The number of carboxylic acid groups (broad SMARTS) is 2. The number of aliphatic hydroxyl groups excluding tert-OH is 1. The first-order valence-electron chi connectivity index (χ1n) is 17.8. The van der Waals surface area contributed by atoms with Gasteiger partial charge in [-0.15, -0.1) is 0 Å². The third-order valence-electron chi connectivity index (χ3n) is 8.36. The van der Waals surface area contributed by atoms with E-state index in [-0.39, 0.29) is 63.5 Å². The van der Waals surface area contributed by atoms with Crippen LogP contribution in [0.2, 0.25) is 0 Å². The Bertz CT molecular complexity index is 1520. The van der Waals surface area contributed by atoms with E-state index in [4.69, 9.17) is 33.8 Å². The van der Waals surface area contributed by atoms with Crippen molar-refractivity contribution in [3.63, 3.8) is 0 Å². The summed E-state index contributed by atoms with van der Waals surface area (Å²) in [6, 6.07) is -8.31. The van der Waals surface area contributed by atoms with Crippen molar-refractivity contribution in [1.29, 1.82) is 0 Å². The molecule has 0 aliphatic heterocycles. The number of carbonyl (C=O) groups excluding carboxylic acids is 5. The van der Waals surface area contributed by atoms with Gasteiger partial charge in [0.1, 0.15) is 30.2 Å². The van der Waals surface area contributed by atoms with Gasteiger partial charge in [-0.2, -0.15) is 0 Å². The van der Waals surface area contributed by atoms with Crippen LogP contribution in [-0.2, 0) is 40.0 Å². The number of aliphatic hydroxyl groups is 1. The fourth-order valence-corrected chi connectivity index (χ4v) is 5.00. The number of aliphatic imine (C=N–C) groups is 2. The van der Waals surface area contributed by atoms with E-state index in [1.807, 2.05) is 0 Å². The second kappa shape index (κ2) is 25.1. The smallest absolute Gasteiger partial charge is 0.326 e. The SMILES string of the molecule is CC[C@H](C)[C@H](NC(=O)[C@H](CO)NC(=O)[C@H](Cc1cnc[nH]1)NC(=O)[C@H](CCCN=C(N)N)NC(=O)[C@@H](N)CCC(=O)O)C(=O)N[C@@H](CCCN=C(N)N)C(=O)O. The Morgan fingerprint density at radius 3 is 1.77 bits per heavy atom. The minimum Gasteiger partial charge on any atom is -0.481 e. The quantitative estimate of drug-likeness (QED) is 0.0225. The van der Waals surface area contributed by atoms with Crippen LogP contribution < -0.4 is 55.3 Å². The number of carboxylic acids is 2.